The summed E-state index contributed by atoms with van der Waals surface area (Å²) in [6, 6.07) is 10.7. The third-order valence-electron chi connectivity index (χ3n) is 6.72. The zero-order chi connectivity index (χ0) is 24.8. The van der Waals surface area contributed by atoms with E-state index in [4.69, 9.17) is 33.2 Å². The van der Waals surface area contributed by atoms with Gasteiger partial charge in [-0.2, -0.15) is 4.98 Å². The van der Waals surface area contributed by atoms with Crippen molar-refractivity contribution in [3.63, 3.8) is 0 Å². The number of aromatic nitrogens is 2. The molecule has 0 amide bonds. The van der Waals surface area contributed by atoms with Gasteiger partial charge in [-0.25, -0.2) is 9.37 Å². The van der Waals surface area contributed by atoms with Gasteiger partial charge in [-0.3, -0.25) is 4.99 Å². The number of fused-ring (bicyclic) bond motifs is 3. The van der Waals surface area contributed by atoms with Crippen LogP contribution in [0.25, 0.3) is 11.6 Å². The van der Waals surface area contributed by atoms with Crippen LogP contribution in [0.15, 0.2) is 47.6 Å². The highest BCUT2D eigenvalue weighted by Gasteiger charge is 2.31. The van der Waals surface area contributed by atoms with Crippen molar-refractivity contribution in [1.82, 2.24) is 14.9 Å². The highest BCUT2D eigenvalue weighted by Crippen LogP contribution is 2.38. The highest BCUT2D eigenvalue weighted by molar-refractivity contribution is 6.41. The zero-order valence-corrected chi connectivity index (χ0v) is 21.2. The molecule has 6 rings (SSSR count). The lowest BCUT2D eigenvalue weighted by atomic mass is 9.98. The number of amidine groups is 1. The van der Waals surface area contributed by atoms with Gasteiger partial charge in [0.2, 0.25) is 5.95 Å². The van der Waals surface area contributed by atoms with Crippen LogP contribution in [0.4, 0.5) is 27.5 Å². The number of piperazine rings is 1. The average Bonchev–Trinajstić information content (AvgIpc) is 3.36. The molecule has 0 radical (unpaired) electrons. The second kappa shape index (κ2) is 9.35. The molecular formula is C26H24Cl2FN7. The van der Waals surface area contributed by atoms with Gasteiger partial charge in [-0.05, 0) is 43.5 Å². The number of anilines is 4. The van der Waals surface area contributed by atoms with Gasteiger partial charge in [0.05, 0.1) is 17.3 Å². The van der Waals surface area contributed by atoms with Gasteiger partial charge < -0.3 is 20.0 Å². The summed E-state index contributed by atoms with van der Waals surface area (Å²) in [5.74, 6) is 1.52. The fourth-order valence-electron chi connectivity index (χ4n) is 4.76. The Morgan fingerprint density at radius 2 is 1.83 bits per heavy atom. The molecule has 0 aliphatic carbocycles. The summed E-state index contributed by atoms with van der Waals surface area (Å²) in [6.45, 7) is 5.03. The molecule has 10 heteroatoms. The first-order valence-corrected chi connectivity index (χ1v) is 12.6. The summed E-state index contributed by atoms with van der Waals surface area (Å²) >= 11 is 12.6. The van der Waals surface area contributed by atoms with Gasteiger partial charge in [0.25, 0.3) is 0 Å². The van der Waals surface area contributed by atoms with Crippen molar-refractivity contribution in [3.05, 3.63) is 69.6 Å². The van der Waals surface area contributed by atoms with Crippen molar-refractivity contribution in [2.24, 2.45) is 4.99 Å². The molecule has 1 N–H and O–H groups in total. The average molecular weight is 524 g/mol. The first-order chi connectivity index (χ1) is 17.5. The molecule has 184 valence electrons. The Kier molecular flexibility index (Phi) is 6.03. The lowest BCUT2D eigenvalue weighted by molar-refractivity contribution is 0.313. The van der Waals surface area contributed by atoms with Crippen molar-refractivity contribution < 1.29 is 4.39 Å². The standard InChI is InChI=1S/C26H24Cl2FN7/c1-34-8-10-35(11-9-34)18-3-5-23(22(29)14-18)32-26-31-15-16-12-20(19-4-2-17(27)13-21(19)28)25-30-6-7-36(25)24(16)33-26/h2-5,12-15H,6-11H2,1H3,(H,31,32,33). The predicted octanol–water partition coefficient (Wildman–Crippen LogP) is 5.19. The van der Waals surface area contributed by atoms with E-state index in [1.54, 1.807) is 24.4 Å². The predicted molar refractivity (Wildman–Crippen MR) is 145 cm³/mol. The second-order valence-electron chi connectivity index (χ2n) is 9.09. The maximum absolute atomic E-state index is 15.0. The molecule has 7 nitrogen and oxygen atoms in total. The number of nitrogens with one attached hydrogen (secondary N) is 1. The van der Waals surface area contributed by atoms with Crippen molar-refractivity contribution in [3.8, 4) is 0 Å². The van der Waals surface area contributed by atoms with Crippen molar-refractivity contribution in [2.75, 3.05) is 61.4 Å². The SMILES string of the molecule is CN1CCN(c2ccc(Nc3ncc4c(n3)N3CCN=C3C(c3ccc(Cl)cc3Cl)=C4)c(F)c2)CC1. The number of likely N-dealkylation sites (N-methyl/N-ethyl adjacent to an activating group) is 1. The summed E-state index contributed by atoms with van der Waals surface area (Å²) in [7, 11) is 2.10. The molecule has 1 aromatic heterocycles. The molecule has 0 atom stereocenters. The molecule has 1 saturated heterocycles. The van der Waals surface area contributed by atoms with Gasteiger partial charge >= 0.3 is 0 Å². The number of hydrogen-bond donors (Lipinski definition) is 1. The van der Waals surface area contributed by atoms with Crippen LogP contribution in [-0.4, -0.2) is 67.0 Å². The van der Waals surface area contributed by atoms with Crippen molar-refractivity contribution >= 4 is 63.8 Å². The van der Waals surface area contributed by atoms with Crippen LogP contribution >= 0.6 is 23.2 Å². The van der Waals surface area contributed by atoms with Crippen LogP contribution in [0.3, 0.4) is 0 Å². The normalized spacial score (nSPS) is 17.4. The van der Waals surface area contributed by atoms with Crippen molar-refractivity contribution in [1.29, 1.82) is 0 Å². The minimum atomic E-state index is -0.337. The van der Waals surface area contributed by atoms with Gasteiger partial charge in [0.15, 0.2) is 0 Å². The number of hydrogen-bond acceptors (Lipinski definition) is 7. The van der Waals surface area contributed by atoms with E-state index in [9.17, 15) is 0 Å². The summed E-state index contributed by atoms with van der Waals surface area (Å²) in [6.07, 6.45) is 3.72. The van der Waals surface area contributed by atoms with E-state index < -0.39 is 0 Å². The molecule has 4 heterocycles. The largest absolute Gasteiger partial charge is 0.369 e. The van der Waals surface area contributed by atoms with E-state index in [-0.39, 0.29) is 5.82 Å². The Labute approximate surface area is 218 Å². The number of benzene rings is 2. The van der Waals surface area contributed by atoms with Gasteiger partial charge in [-0.1, -0.05) is 29.3 Å². The van der Waals surface area contributed by atoms with E-state index in [1.807, 2.05) is 24.3 Å². The second-order valence-corrected chi connectivity index (χ2v) is 9.93. The molecular weight excluding hydrogens is 500 g/mol. The van der Waals surface area contributed by atoms with Gasteiger partial charge in [0, 0.05) is 66.3 Å². The fourth-order valence-corrected chi connectivity index (χ4v) is 5.27. The molecule has 3 aliphatic rings. The first-order valence-electron chi connectivity index (χ1n) is 11.8. The van der Waals surface area contributed by atoms with Crippen LogP contribution in [-0.2, 0) is 0 Å². The Morgan fingerprint density at radius 3 is 2.61 bits per heavy atom. The Morgan fingerprint density at radius 1 is 1.00 bits per heavy atom. The molecule has 2 aromatic carbocycles. The summed E-state index contributed by atoms with van der Waals surface area (Å²) in [5, 5.41) is 4.19. The first kappa shape index (κ1) is 23.2. The zero-order valence-electron chi connectivity index (χ0n) is 19.7. The molecule has 36 heavy (non-hydrogen) atoms. The van der Waals surface area contributed by atoms with E-state index in [2.05, 4.69) is 32.0 Å². The van der Waals surface area contributed by atoms with Crippen LogP contribution in [0, 0.1) is 5.82 Å². The maximum Gasteiger partial charge on any atom is 0.229 e. The Balaban J connectivity index is 1.28. The van der Waals surface area contributed by atoms with Crippen molar-refractivity contribution in [2.45, 2.75) is 0 Å². The molecule has 1 fully saturated rings. The molecule has 0 spiro atoms. The van der Waals surface area contributed by atoms with Gasteiger partial charge in [-0.15, -0.1) is 0 Å². The summed E-state index contributed by atoms with van der Waals surface area (Å²) in [5.41, 5.74) is 3.81. The molecule has 3 aliphatic heterocycles. The molecule has 0 bridgehead atoms. The monoisotopic (exact) mass is 523 g/mol. The number of aliphatic imine (C=N–C) groups is 1. The number of rotatable bonds is 4. The minimum absolute atomic E-state index is 0.327. The Bertz CT molecular complexity index is 1400. The highest BCUT2D eigenvalue weighted by atomic mass is 35.5. The van der Waals surface area contributed by atoms with Gasteiger partial charge in [0.1, 0.15) is 17.5 Å². The van der Waals surface area contributed by atoms with Crippen LogP contribution in [0.2, 0.25) is 10.0 Å². The minimum Gasteiger partial charge on any atom is -0.369 e. The van der Waals surface area contributed by atoms with E-state index in [0.29, 0.717) is 34.8 Å². The van der Waals surface area contributed by atoms with Crippen LogP contribution in [0.5, 0.6) is 0 Å². The quantitative estimate of drug-likeness (QED) is 0.507. The fraction of sp³-hybridized carbons (Fsp3) is 0.269. The van der Waals surface area contributed by atoms with E-state index >= 15 is 4.39 Å². The molecule has 0 unspecified atom stereocenters. The van der Waals surface area contributed by atoms with E-state index in [1.165, 1.54) is 0 Å². The topological polar surface area (TPSA) is 59.9 Å². The summed E-state index contributed by atoms with van der Waals surface area (Å²) < 4.78 is 15.0. The summed E-state index contributed by atoms with van der Waals surface area (Å²) in [4.78, 5) is 20.4. The smallest absolute Gasteiger partial charge is 0.229 e. The molecule has 0 saturated carbocycles. The third-order valence-corrected chi connectivity index (χ3v) is 7.27. The van der Waals surface area contributed by atoms with Crippen LogP contribution < -0.4 is 15.1 Å². The Hall–Kier alpha value is -3.20. The molecule has 3 aromatic rings. The third kappa shape index (κ3) is 4.30. The van der Waals surface area contributed by atoms with Crippen LogP contribution in [0.1, 0.15) is 11.1 Å². The lowest BCUT2D eigenvalue weighted by Gasteiger charge is -2.34. The number of halogens is 3. The maximum atomic E-state index is 15.0. The lowest BCUT2D eigenvalue weighted by Crippen LogP contribution is -2.44. The number of nitrogens with zero attached hydrogens (tertiary/aromatic N) is 6. The van der Waals surface area contributed by atoms with E-state index in [0.717, 1.165) is 60.2 Å².